The van der Waals surface area contributed by atoms with Gasteiger partial charge in [-0.15, -0.1) is 0 Å². The summed E-state index contributed by atoms with van der Waals surface area (Å²) >= 11 is 0. The molecular formula is C13H19NO2. The van der Waals surface area contributed by atoms with Crippen molar-refractivity contribution >= 4 is 5.97 Å². The average molecular weight is 221 g/mol. The standard InChI is InChI=1S/C13H19NO2/c1-13(2,3)10-7-5-9(6-8-10)11(14)12(15)16-4/h5-8,11H,14H2,1-4H3. The zero-order valence-electron chi connectivity index (χ0n) is 10.3. The van der Waals surface area contributed by atoms with E-state index in [9.17, 15) is 4.79 Å². The molecule has 1 atom stereocenters. The number of ether oxygens (including phenoxy) is 1. The average Bonchev–Trinajstić information content (AvgIpc) is 2.26. The van der Waals surface area contributed by atoms with Gasteiger partial charge in [0, 0.05) is 0 Å². The van der Waals surface area contributed by atoms with Crippen molar-refractivity contribution in [1.82, 2.24) is 0 Å². The van der Waals surface area contributed by atoms with E-state index in [1.165, 1.54) is 12.7 Å². The van der Waals surface area contributed by atoms with Crippen molar-refractivity contribution in [1.29, 1.82) is 0 Å². The maximum Gasteiger partial charge on any atom is 0.327 e. The number of hydrogen-bond acceptors (Lipinski definition) is 3. The fourth-order valence-electron chi connectivity index (χ4n) is 1.45. The molecule has 0 amide bonds. The van der Waals surface area contributed by atoms with Gasteiger partial charge in [0.25, 0.3) is 0 Å². The van der Waals surface area contributed by atoms with Crippen molar-refractivity contribution in [3.05, 3.63) is 35.4 Å². The summed E-state index contributed by atoms with van der Waals surface area (Å²) in [6.07, 6.45) is 0. The van der Waals surface area contributed by atoms with Crippen LogP contribution in [0.3, 0.4) is 0 Å². The minimum absolute atomic E-state index is 0.105. The van der Waals surface area contributed by atoms with Crippen LogP contribution in [0.4, 0.5) is 0 Å². The van der Waals surface area contributed by atoms with Gasteiger partial charge in [0.15, 0.2) is 0 Å². The normalized spacial score (nSPS) is 13.3. The highest BCUT2D eigenvalue weighted by molar-refractivity contribution is 5.77. The van der Waals surface area contributed by atoms with Crippen molar-refractivity contribution in [3.63, 3.8) is 0 Å². The maximum absolute atomic E-state index is 11.2. The molecule has 0 aliphatic rings. The number of nitrogens with two attached hydrogens (primary N) is 1. The van der Waals surface area contributed by atoms with E-state index in [2.05, 4.69) is 25.5 Å². The molecule has 0 radical (unpaired) electrons. The molecule has 0 spiro atoms. The molecule has 3 nitrogen and oxygen atoms in total. The summed E-state index contributed by atoms with van der Waals surface area (Å²) in [4.78, 5) is 11.2. The first-order valence-corrected chi connectivity index (χ1v) is 5.30. The molecule has 0 saturated carbocycles. The Morgan fingerprint density at radius 2 is 1.75 bits per heavy atom. The zero-order valence-corrected chi connectivity index (χ0v) is 10.3. The number of carbonyl (C=O) groups is 1. The lowest BCUT2D eigenvalue weighted by Gasteiger charge is -2.19. The topological polar surface area (TPSA) is 52.3 Å². The molecular weight excluding hydrogens is 202 g/mol. The van der Waals surface area contributed by atoms with E-state index in [0.717, 1.165) is 5.56 Å². The van der Waals surface area contributed by atoms with Crippen LogP contribution in [-0.4, -0.2) is 13.1 Å². The lowest BCUT2D eigenvalue weighted by atomic mass is 9.86. The van der Waals surface area contributed by atoms with Gasteiger partial charge in [-0.05, 0) is 16.5 Å². The Labute approximate surface area is 96.6 Å². The van der Waals surface area contributed by atoms with Crippen LogP contribution in [0.15, 0.2) is 24.3 Å². The van der Waals surface area contributed by atoms with E-state index in [0.29, 0.717) is 0 Å². The molecule has 0 saturated heterocycles. The first-order chi connectivity index (χ1) is 7.36. The van der Waals surface area contributed by atoms with Crippen molar-refractivity contribution in [3.8, 4) is 0 Å². The number of benzene rings is 1. The third kappa shape index (κ3) is 2.83. The Kier molecular flexibility index (Phi) is 3.70. The van der Waals surface area contributed by atoms with Gasteiger partial charge in [-0.1, -0.05) is 45.0 Å². The summed E-state index contributed by atoms with van der Waals surface area (Å²) in [6, 6.07) is 7.06. The molecule has 0 aliphatic carbocycles. The molecule has 1 rings (SSSR count). The molecule has 1 unspecified atom stereocenters. The van der Waals surface area contributed by atoms with Crippen molar-refractivity contribution < 1.29 is 9.53 Å². The van der Waals surface area contributed by atoms with Crippen molar-refractivity contribution in [2.75, 3.05) is 7.11 Å². The predicted octanol–water partition coefficient (Wildman–Crippen LogP) is 2.16. The highest BCUT2D eigenvalue weighted by Crippen LogP contribution is 2.23. The van der Waals surface area contributed by atoms with E-state index >= 15 is 0 Å². The van der Waals surface area contributed by atoms with Gasteiger partial charge in [-0.3, -0.25) is 4.79 Å². The summed E-state index contributed by atoms with van der Waals surface area (Å²) in [6.45, 7) is 6.42. The Morgan fingerprint density at radius 3 is 2.12 bits per heavy atom. The lowest BCUT2D eigenvalue weighted by molar-refractivity contribution is -0.142. The Hall–Kier alpha value is -1.35. The molecule has 0 aliphatic heterocycles. The molecule has 16 heavy (non-hydrogen) atoms. The monoisotopic (exact) mass is 221 g/mol. The fraction of sp³-hybridized carbons (Fsp3) is 0.462. The molecule has 0 bridgehead atoms. The van der Waals surface area contributed by atoms with Crippen LogP contribution in [-0.2, 0) is 14.9 Å². The van der Waals surface area contributed by atoms with E-state index in [-0.39, 0.29) is 5.41 Å². The third-order valence-electron chi connectivity index (χ3n) is 2.59. The molecule has 0 heterocycles. The van der Waals surface area contributed by atoms with E-state index in [1.54, 1.807) is 0 Å². The van der Waals surface area contributed by atoms with E-state index in [1.807, 2.05) is 24.3 Å². The van der Waals surface area contributed by atoms with Gasteiger partial charge in [0.05, 0.1) is 7.11 Å². The largest absolute Gasteiger partial charge is 0.468 e. The molecule has 1 aromatic rings. The number of esters is 1. The molecule has 1 aromatic carbocycles. The number of methoxy groups -OCH3 is 1. The van der Waals surface area contributed by atoms with Crippen LogP contribution >= 0.6 is 0 Å². The highest BCUT2D eigenvalue weighted by Gasteiger charge is 2.18. The van der Waals surface area contributed by atoms with Crippen LogP contribution in [0.2, 0.25) is 0 Å². The molecule has 88 valence electrons. The van der Waals surface area contributed by atoms with Crippen molar-refractivity contribution in [2.24, 2.45) is 5.73 Å². The number of rotatable bonds is 2. The van der Waals surface area contributed by atoms with Crippen molar-refractivity contribution in [2.45, 2.75) is 32.2 Å². The maximum atomic E-state index is 11.2. The number of hydrogen-bond donors (Lipinski definition) is 1. The van der Waals surface area contributed by atoms with Crippen LogP contribution in [0.1, 0.15) is 37.9 Å². The zero-order chi connectivity index (χ0) is 12.3. The summed E-state index contributed by atoms with van der Waals surface area (Å²) in [5.74, 6) is -0.413. The minimum Gasteiger partial charge on any atom is -0.468 e. The number of carbonyl (C=O) groups excluding carboxylic acids is 1. The minimum atomic E-state index is -0.695. The quantitative estimate of drug-likeness (QED) is 0.778. The summed E-state index contributed by atoms with van der Waals surface area (Å²) in [7, 11) is 1.34. The van der Waals surface area contributed by atoms with Crippen LogP contribution in [0, 0.1) is 0 Å². The third-order valence-corrected chi connectivity index (χ3v) is 2.59. The van der Waals surface area contributed by atoms with Gasteiger partial charge in [0.2, 0.25) is 0 Å². The first-order valence-electron chi connectivity index (χ1n) is 5.30. The Balaban J connectivity index is 2.91. The van der Waals surface area contributed by atoms with Gasteiger partial charge in [-0.2, -0.15) is 0 Å². The summed E-state index contributed by atoms with van der Waals surface area (Å²) in [5.41, 5.74) is 7.83. The predicted molar refractivity (Wildman–Crippen MR) is 64.1 cm³/mol. The SMILES string of the molecule is COC(=O)C(N)c1ccc(C(C)(C)C)cc1. The second-order valence-electron chi connectivity index (χ2n) is 4.87. The Bertz CT molecular complexity index is 363. The Morgan fingerprint density at radius 1 is 1.25 bits per heavy atom. The second-order valence-corrected chi connectivity index (χ2v) is 4.87. The van der Waals surface area contributed by atoms with E-state index in [4.69, 9.17) is 5.73 Å². The van der Waals surface area contributed by atoms with Crippen LogP contribution in [0.5, 0.6) is 0 Å². The smallest absolute Gasteiger partial charge is 0.327 e. The first kappa shape index (κ1) is 12.7. The van der Waals surface area contributed by atoms with Crippen LogP contribution in [0.25, 0.3) is 0 Å². The van der Waals surface area contributed by atoms with Gasteiger partial charge in [0.1, 0.15) is 6.04 Å². The van der Waals surface area contributed by atoms with E-state index < -0.39 is 12.0 Å². The second kappa shape index (κ2) is 4.66. The lowest BCUT2D eigenvalue weighted by Crippen LogP contribution is -2.22. The molecule has 0 aromatic heterocycles. The summed E-state index contributed by atoms with van der Waals surface area (Å²) in [5, 5.41) is 0. The fourth-order valence-corrected chi connectivity index (χ4v) is 1.45. The van der Waals surface area contributed by atoms with Gasteiger partial charge < -0.3 is 10.5 Å². The van der Waals surface area contributed by atoms with Gasteiger partial charge >= 0.3 is 5.97 Å². The highest BCUT2D eigenvalue weighted by atomic mass is 16.5. The molecule has 2 N–H and O–H groups in total. The summed E-state index contributed by atoms with van der Waals surface area (Å²) < 4.78 is 4.60. The van der Waals surface area contributed by atoms with Gasteiger partial charge in [-0.25, -0.2) is 0 Å². The van der Waals surface area contributed by atoms with Crippen LogP contribution < -0.4 is 5.73 Å². The molecule has 3 heteroatoms. The molecule has 0 fully saturated rings.